The van der Waals surface area contributed by atoms with E-state index in [4.69, 9.17) is 9.47 Å². The van der Waals surface area contributed by atoms with Crippen LogP contribution in [0.15, 0.2) is 18.2 Å². The third-order valence-electron chi connectivity index (χ3n) is 5.34. The molecule has 0 amide bonds. The van der Waals surface area contributed by atoms with E-state index in [0.717, 1.165) is 54.7 Å². The molecule has 0 saturated heterocycles. The van der Waals surface area contributed by atoms with Gasteiger partial charge in [-0.3, -0.25) is 0 Å². The summed E-state index contributed by atoms with van der Waals surface area (Å²) in [5, 5.41) is 16.4. The van der Waals surface area contributed by atoms with Gasteiger partial charge in [-0.15, -0.1) is 5.10 Å². The van der Waals surface area contributed by atoms with Crippen molar-refractivity contribution in [1.29, 1.82) is 0 Å². The van der Waals surface area contributed by atoms with Gasteiger partial charge in [-0.05, 0) is 67.1 Å². The van der Waals surface area contributed by atoms with Gasteiger partial charge in [0.2, 0.25) is 6.79 Å². The molecule has 2 heterocycles. The number of benzene rings is 1. The quantitative estimate of drug-likeness (QED) is 0.900. The van der Waals surface area contributed by atoms with Crippen LogP contribution in [0.2, 0.25) is 0 Å². The van der Waals surface area contributed by atoms with Crippen LogP contribution in [0.1, 0.15) is 51.8 Å². The van der Waals surface area contributed by atoms with Gasteiger partial charge >= 0.3 is 0 Å². The van der Waals surface area contributed by atoms with Crippen molar-refractivity contribution in [3.8, 4) is 17.2 Å². The van der Waals surface area contributed by atoms with Gasteiger partial charge < -0.3 is 14.8 Å². The number of ether oxygens (including phenoxy) is 2. The molecule has 2 aromatic rings. The third kappa shape index (κ3) is 2.97. The fourth-order valence-corrected chi connectivity index (χ4v) is 3.78. The van der Waals surface area contributed by atoms with E-state index in [1.807, 2.05) is 22.9 Å². The van der Waals surface area contributed by atoms with Crippen molar-refractivity contribution in [2.75, 3.05) is 13.3 Å². The summed E-state index contributed by atoms with van der Waals surface area (Å²) in [7, 11) is 0. The topological polar surface area (TPSA) is 74.1 Å². The second kappa shape index (κ2) is 6.63. The van der Waals surface area contributed by atoms with Crippen molar-refractivity contribution in [2.45, 2.75) is 51.5 Å². The van der Waals surface area contributed by atoms with Crippen LogP contribution < -0.4 is 14.8 Å². The second-order valence-electron chi connectivity index (χ2n) is 7.14. The van der Waals surface area contributed by atoms with Crippen LogP contribution in [0.25, 0.3) is 5.69 Å². The standard InChI is InChI=1S/C18H25N5O2/c1-3-10-19-18(8-6-13(2)7-9-18)17-20-21-22-23(17)14-4-5-15-16(11-14)25-12-24-15/h4-5,11,13,19H,3,6-10,12H2,1-2H3. The lowest BCUT2D eigenvalue weighted by atomic mass is 9.76. The Morgan fingerprint density at radius 2 is 2.04 bits per heavy atom. The van der Waals surface area contributed by atoms with Gasteiger partial charge in [0.05, 0.1) is 11.2 Å². The number of hydrogen-bond donors (Lipinski definition) is 1. The molecule has 25 heavy (non-hydrogen) atoms. The Labute approximate surface area is 147 Å². The highest BCUT2D eigenvalue weighted by Crippen LogP contribution is 2.40. The average molecular weight is 343 g/mol. The zero-order valence-corrected chi connectivity index (χ0v) is 14.9. The number of hydrogen-bond acceptors (Lipinski definition) is 6. The molecule has 0 atom stereocenters. The van der Waals surface area contributed by atoms with Gasteiger partial charge in [0.1, 0.15) is 0 Å². The molecule has 7 heteroatoms. The van der Waals surface area contributed by atoms with Gasteiger partial charge in [0, 0.05) is 6.07 Å². The van der Waals surface area contributed by atoms with Crippen LogP contribution >= 0.6 is 0 Å². The lowest BCUT2D eigenvalue weighted by molar-refractivity contribution is 0.174. The van der Waals surface area contributed by atoms with Crippen LogP contribution in [-0.2, 0) is 5.54 Å². The fraction of sp³-hybridized carbons (Fsp3) is 0.611. The molecule has 1 fully saturated rings. The molecule has 2 aliphatic rings. The molecule has 1 aliphatic carbocycles. The Hall–Kier alpha value is -2.15. The Morgan fingerprint density at radius 1 is 1.24 bits per heavy atom. The number of rotatable bonds is 5. The van der Waals surface area contributed by atoms with Crippen molar-refractivity contribution in [3.63, 3.8) is 0 Å². The highest BCUT2D eigenvalue weighted by atomic mass is 16.7. The molecule has 0 unspecified atom stereocenters. The summed E-state index contributed by atoms with van der Waals surface area (Å²) in [6, 6.07) is 5.84. The number of nitrogens with one attached hydrogen (secondary N) is 1. The number of tetrazole rings is 1. The number of nitrogens with zero attached hydrogens (tertiary/aromatic N) is 4. The Bertz CT molecular complexity index is 731. The first-order valence-corrected chi connectivity index (χ1v) is 9.16. The molecule has 134 valence electrons. The molecule has 0 bridgehead atoms. The Balaban J connectivity index is 1.71. The smallest absolute Gasteiger partial charge is 0.231 e. The maximum absolute atomic E-state index is 5.51. The molecule has 7 nitrogen and oxygen atoms in total. The molecule has 1 N–H and O–H groups in total. The highest BCUT2D eigenvalue weighted by molar-refractivity contribution is 5.50. The largest absolute Gasteiger partial charge is 0.454 e. The molecular formula is C18H25N5O2. The Kier molecular flexibility index (Phi) is 4.33. The van der Waals surface area contributed by atoms with Gasteiger partial charge in [-0.1, -0.05) is 13.8 Å². The van der Waals surface area contributed by atoms with Crippen molar-refractivity contribution < 1.29 is 9.47 Å². The average Bonchev–Trinajstić information content (AvgIpc) is 3.30. The predicted octanol–water partition coefficient (Wildman–Crippen LogP) is 2.80. The minimum absolute atomic E-state index is 0.164. The summed E-state index contributed by atoms with van der Waals surface area (Å²) in [5.74, 6) is 3.16. The molecular weight excluding hydrogens is 318 g/mol. The predicted molar refractivity (Wildman–Crippen MR) is 92.9 cm³/mol. The summed E-state index contributed by atoms with van der Waals surface area (Å²) in [6.45, 7) is 5.74. The van der Waals surface area contributed by atoms with Gasteiger partial charge in [0.15, 0.2) is 17.3 Å². The Morgan fingerprint density at radius 3 is 2.84 bits per heavy atom. The lowest BCUT2D eigenvalue weighted by Crippen LogP contribution is -2.47. The molecule has 1 aromatic carbocycles. The zero-order chi connectivity index (χ0) is 17.3. The SMILES string of the molecule is CCCNC1(c2nnnn2-c2ccc3c(c2)OCO3)CCC(C)CC1. The highest BCUT2D eigenvalue weighted by Gasteiger charge is 2.40. The van der Waals surface area contributed by atoms with Crippen LogP contribution in [0, 0.1) is 5.92 Å². The van der Waals surface area contributed by atoms with Crippen molar-refractivity contribution in [1.82, 2.24) is 25.5 Å². The molecule has 1 aromatic heterocycles. The first kappa shape index (κ1) is 16.3. The third-order valence-corrected chi connectivity index (χ3v) is 5.34. The van der Waals surface area contributed by atoms with Crippen LogP contribution in [0.3, 0.4) is 0 Å². The van der Waals surface area contributed by atoms with Crippen molar-refractivity contribution in [3.05, 3.63) is 24.0 Å². The van der Waals surface area contributed by atoms with E-state index < -0.39 is 0 Å². The molecule has 0 radical (unpaired) electrons. The van der Waals surface area contributed by atoms with E-state index in [1.54, 1.807) is 0 Å². The molecule has 1 saturated carbocycles. The van der Waals surface area contributed by atoms with Gasteiger partial charge in [-0.2, -0.15) is 4.68 Å². The maximum atomic E-state index is 5.51. The minimum Gasteiger partial charge on any atom is -0.454 e. The van der Waals surface area contributed by atoms with Crippen LogP contribution in [0.5, 0.6) is 11.5 Å². The maximum Gasteiger partial charge on any atom is 0.231 e. The van der Waals surface area contributed by atoms with E-state index in [1.165, 1.54) is 12.8 Å². The van der Waals surface area contributed by atoms with Crippen LogP contribution in [-0.4, -0.2) is 33.5 Å². The normalized spacial score (nSPS) is 25.3. The number of aromatic nitrogens is 4. The van der Waals surface area contributed by atoms with E-state index in [0.29, 0.717) is 0 Å². The monoisotopic (exact) mass is 343 g/mol. The minimum atomic E-state index is -0.164. The molecule has 1 aliphatic heterocycles. The first-order chi connectivity index (χ1) is 12.2. The van der Waals surface area contributed by atoms with E-state index >= 15 is 0 Å². The van der Waals surface area contributed by atoms with Gasteiger partial charge in [0.25, 0.3) is 0 Å². The van der Waals surface area contributed by atoms with Gasteiger partial charge in [-0.25, -0.2) is 0 Å². The van der Waals surface area contributed by atoms with E-state index in [9.17, 15) is 0 Å². The summed E-state index contributed by atoms with van der Waals surface area (Å²) < 4.78 is 12.8. The lowest BCUT2D eigenvalue weighted by Gasteiger charge is -2.39. The summed E-state index contributed by atoms with van der Waals surface area (Å²) in [6.07, 6.45) is 5.57. The summed E-state index contributed by atoms with van der Waals surface area (Å²) in [5.41, 5.74) is 0.739. The van der Waals surface area contributed by atoms with E-state index in [-0.39, 0.29) is 12.3 Å². The zero-order valence-electron chi connectivity index (χ0n) is 14.9. The molecule has 0 spiro atoms. The first-order valence-electron chi connectivity index (χ1n) is 9.16. The fourth-order valence-electron chi connectivity index (χ4n) is 3.78. The summed E-state index contributed by atoms with van der Waals surface area (Å²) >= 11 is 0. The van der Waals surface area contributed by atoms with Crippen molar-refractivity contribution in [2.24, 2.45) is 5.92 Å². The molecule has 4 rings (SSSR count). The number of fused-ring (bicyclic) bond motifs is 1. The summed E-state index contributed by atoms with van der Waals surface area (Å²) in [4.78, 5) is 0. The second-order valence-corrected chi connectivity index (χ2v) is 7.14. The van der Waals surface area contributed by atoms with Crippen LogP contribution in [0.4, 0.5) is 0 Å². The van der Waals surface area contributed by atoms with Crippen molar-refractivity contribution >= 4 is 0 Å². The van der Waals surface area contributed by atoms with E-state index in [2.05, 4.69) is 34.7 Å².